The molecule has 0 aliphatic rings. The summed E-state index contributed by atoms with van der Waals surface area (Å²) in [5, 5.41) is 10.2. The minimum atomic E-state index is -0.639. The van der Waals surface area contributed by atoms with Gasteiger partial charge in [-0.2, -0.15) is 0 Å². The molecule has 24 heavy (non-hydrogen) atoms. The number of nitrogens with zero attached hydrogens (tertiary/aromatic N) is 2. The molecule has 132 valence electrons. The van der Waals surface area contributed by atoms with Gasteiger partial charge in [0.1, 0.15) is 5.78 Å². The number of non-ortho nitro benzene ring substituents is 1. The van der Waals surface area contributed by atoms with Gasteiger partial charge < -0.3 is 15.4 Å². The molecule has 0 aromatic heterocycles. The van der Waals surface area contributed by atoms with Crippen LogP contribution in [0.15, 0.2) is 24.3 Å². The number of primary amides is 1. The Labute approximate surface area is 150 Å². The molecule has 0 saturated heterocycles. The summed E-state index contributed by atoms with van der Waals surface area (Å²) in [7, 11) is 3.53. The van der Waals surface area contributed by atoms with E-state index in [0.29, 0.717) is 5.17 Å². The largest absolute Gasteiger partial charge is 0.470 e. The van der Waals surface area contributed by atoms with E-state index in [4.69, 9.17) is 21.7 Å². The Kier molecular flexibility index (Phi) is 10.3. The normalized spacial score (nSPS) is 9.29. The molecular weight excluding hydrogens is 354 g/mol. The van der Waals surface area contributed by atoms with Crippen molar-refractivity contribution in [3.8, 4) is 0 Å². The van der Waals surface area contributed by atoms with Crippen molar-refractivity contribution in [1.29, 1.82) is 0 Å². The van der Waals surface area contributed by atoms with Crippen molar-refractivity contribution in [2.75, 3.05) is 20.7 Å². The van der Waals surface area contributed by atoms with Crippen molar-refractivity contribution < 1.29 is 19.2 Å². The lowest BCUT2D eigenvalue weighted by Crippen LogP contribution is -2.23. The van der Waals surface area contributed by atoms with E-state index < -0.39 is 10.2 Å². The predicted molar refractivity (Wildman–Crippen MR) is 97.2 cm³/mol. The lowest BCUT2D eigenvalue weighted by molar-refractivity contribution is -0.384. The molecule has 10 heteroatoms. The monoisotopic (exact) mass is 373 g/mol. The summed E-state index contributed by atoms with van der Waals surface area (Å²) >= 11 is 8.03. The molecule has 0 aliphatic carbocycles. The van der Waals surface area contributed by atoms with E-state index in [-0.39, 0.29) is 30.9 Å². The minimum Gasteiger partial charge on any atom is -0.470 e. The number of amides is 1. The topological polar surface area (TPSA) is 116 Å². The van der Waals surface area contributed by atoms with Crippen molar-refractivity contribution in [3.05, 3.63) is 39.9 Å². The molecular formula is C14H19N3O5S2. The average Bonchev–Trinajstić information content (AvgIpc) is 2.46. The molecule has 8 nitrogen and oxygen atoms in total. The second-order valence-electron chi connectivity index (χ2n) is 4.74. The number of nitrogens with two attached hydrogens (primary N) is 1. The zero-order valence-electron chi connectivity index (χ0n) is 13.3. The molecule has 0 radical (unpaired) electrons. The fraction of sp³-hybridized carbons (Fsp3) is 0.357. The number of thiocarbonyl (C=S) groups is 1. The van der Waals surface area contributed by atoms with Gasteiger partial charge in [-0.05, 0) is 17.8 Å². The highest BCUT2D eigenvalue weighted by molar-refractivity contribution is 7.96. The van der Waals surface area contributed by atoms with E-state index in [1.54, 1.807) is 31.1 Å². The number of hydrogen-bond donors (Lipinski definition) is 2. The quantitative estimate of drug-likeness (QED) is 0.339. The van der Waals surface area contributed by atoms with Crippen molar-refractivity contribution in [1.82, 2.24) is 4.90 Å². The maximum Gasteiger partial charge on any atom is 0.273 e. The maximum absolute atomic E-state index is 11.7. The Balaban J connectivity index is 0.00000118. The van der Waals surface area contributed by atoms with Crippen LogP contribution in [-0.4, -0.2) is 46.7 Å². The summed E-state index contributed by atoms with van der Waals surface area (Å²) in [5.74, 6) is 0.000379. The second-order valence-corrected chi connectivity index (χ2v) is 5.53. The van der Waals surface area contributed by atoms with Crippen LogP contribution in [0, 0.1) is 10.1 Å². The molecule has 0 aliphatic heterocycles. The van der Waals surface area contributed by atoms with Gasteiger partial charge in [0.25, 0.3) is 16.1 Å². The smallest absolute Gasteiger partial charge is 0.273 e. The number of ketones is 1. The molecule has 0 spiro atoms. The Hall–Kier alpha value is -2.20. The first-order valence-corrected chi connectivity index (χ1v) is 7.56. The minimum absolute atomic E-state index is 0.000379. The molecule has 0 bridgehead atoms. The van der Waals surface area contributed by atoms with E-state index >= 15 is 0 Å². The third-order valence-corrected chi connectivity index (χ3v) is 3.00. The van der Waals surface area contributed by atoms with Gasteiger partial charge in [0.05, 0.1) is 11.5 Å². The molecule has 2 N–H and O–H groups in total. The van der Waals surface area contributed by atoms with Crippen LogP contribution in [0.2, 0.25) is 0 Å². The lowest BCUT2D eigenvalue weighted by atomic mass is 10.1. The van der Waals surface area contributed by atoms with Crippen molar-refractivity contribution >= 4 is 46.7 Å². The molecule has 0 saturated carbocycles. The number of nitro groups is 1. The number of benzene rings is 1. The van der Waals surface area contributed by atoms with Crippen LogP contribution in [0.5, 0.6) is 0 Å². The molecule has 1 aromatic rings. The SMILES string of the molecule is CN(C)C(=S)OCCC(=O)Cc1ccc([N+](=O)[O-])cc1.NC(=O)S. The highest BCUT2D eigenvalue weighted by Crippen LogP contribution is 2.12. The molecule has 0 fully saturated rings. The molecule has 0 heterocycles. The number of hydrogen-bond acceptors (Lipinski definition) is 6. The molecule has 1 aromatic carbocycles. The number of carbonyl (C=O) groups is 2. The number of ether oxygens (including phenoxy) is 1. The number of nitro benzene ring substituents is 1. The zero-order valence-corrected chi connectivity index (χ0v) is 15.0. The van der Waals surface area contributed by atoms with E-state index in [1.165, 1.54) is 12.1 Å². The van der Waals surface area contributed by atoms with E-state index in [9.17, 15) is 14.9 Å². The highest BCUT2D eigenvalue weighted by Gasteiger charge is 2.08. The van der Waals surface area contributed by atoms with Crippen LogP contribution in [0.4, 0.5) is 10.5 Å². The Bertz CT molecular complexity index is 587. The summed E-state index contributed by atoms with van der Waals surface area (Å²) in [6.07, 6.45) is 0.487. The van der Waals surface area contributed by atoms with Gasteiger partial charge in [-0.25, -0.2) is 0 Å². The van der Waals surface area contributed by atoms with Gasteiger partial charge >= 0.3 is 0 Å². The van der Waals surface area contributed by atoms with E-state index in [1.807, 2.05) is 0 Å². The maximum atomic E-state index is 11.7. The molecule has 1 amide bonds. The van der Waals surface area contributed by atoms with E-state index in [0.717, 1.165) is 5.56 Å². The third-order valence-electron chi connectivity index (χ3n) is 2.52. The summed E-state index contributed by atoms with van der Waals surface area (Å²) < 4.78 is 5.21. The first-order valence-electron chi connectivity index (χ1n) is 6.71. The van der Waals surface area contributed by atoms with Crippen LogP contribution in [0.1, 0.15) is 12.0 Å². The first-order chi connectivity index (χ1) is 11.1. The van der Waals surface area contributed by atoms with Gasteiger partial charge in [-0.15, -0.1) is 0 Å². The Morgan fingerprint density at radius 2 is 1.83 bits per heavy atom. The van der Waals surface area contributed by atoms with Gasteiger partial charge in [0, 0.05) is 39.1 Å². The van der Waals surface area contributed by atoms with Crippen molar-refractivity contribution in [3.63, 3.8) is 0 Å². The summed E-state index contributed by atoms with van der Waals surface area (Å²) in [4.78, 5) is 32.5. The van der Waals surface area contributed by atoms with Gasteiger partial charge in [-0.3, -0.25) is 19.7 Å². The standard InChI is InChI=1S/C13H16N2O4S.CH3NOS/c1-14(2)13(20)19-8-7-12(16)9-10-3-5-11(6-4-10)15(17)18;2-1(3)4/h3-6H,7-9H2,1-2H3;(H3,2,3,4). The average molecular weight is 373 g/mol. The van der Waals surface area contributed by atoms with Gasteiger partial charge in [0.2, 0.25) is 0 Å². The van der Waals surface area contributed by atoms with Crippen LogP contribution in [0.25, 0.3) is 0 Å². The van der Waals surface area contributed by atoms with Crippen molar-refractivity contribution in [2.45, 2.75) is 12.8 Å². The van der Waals surface area contributed by atoms with Crippen molar-refractivity contribution in [2.24, 2.45) is 5.73 Å². The van der Waals surface area contributed by atoms with E-state index in [2.05, 4.69) is 18.4 Å². The number of rotatable bonds is 6. The number of Topliss-reactive ketones (excluding diaryl/α,β-unsaturated/α-hetero) is 1. The molecule has 1 rings (SSSR count). The van der Waals surface area contributed by atoms with Crippen LogP contribution in [0.3, 0.4) is 0 Å². The first kappa shape index (κ1) is 21.8. The lowest BCUT2D eigenvalue weighted by Gasteiger charge is -2.13. The Morgan fingerprint density at radius 3 is 2.25 bits per heavy atom. The zero-order chi connectivity index (χ0) is 18.7. The summed E-state index contributed by atoms with van der Waals surface area (Å²) in [6, 6.07) is 5.95. The molecule has 0 atom stereocenters. The van der Waals surface area contributed by atoms with Gasteiger partial charge in [0.15, 0.2) is 0 Å². The Morgan fingerprint density at radius 1 is 1.33 bits per heavy atom. The third kappa shape index (κ3) is 10.5. The number of thiol groups is 1. The molecule has 0 unspecified atom stereocenters. The summed E-state index contributed by atoms with van der Waals surface area (Å²) in [6.45, 7) is 0.239. The predicted octanol–water partition coefficient (Wildman–Crippen LogP) is 1.95. The van der Waals surface area contributed by atoms with Crippen LogP contribution < -0.4 is 5.73 Å². The van der Waals surface area contributed by atoms with Gasteiger partial charge in [-0.1, -0.05) is 24.8 Å². The fourth-order valence-corrected chi connectivity index (χ4v) is 1.52. The second kappa shape index (κ2) is 11.4. The fourth-order valence-electron chi connectivity index (χ4n) is 1.43. The number of carbonyl (C=O) groups excluding carboxylic acids is 2. The summed E-state index contributed by atoms with van der Waals surface area (Å²) in [5.41, 5.74) is 5.10. The van der Waals surface area contributed by atoms with Crippen LogP contribution >= 0.6 is 24.8 Å². The van der Waals surface area contributed by atoms with Crippen LogP contribution in [-0.2, 0) is 16.0 Å². The highest BCUT2D eigenvalue weighted by atomic mass is 32.1.